The summed E-state index contributed by atoms with van der Waals surface area (Å²) < 4.78 is 0. The average Bonchev–Trinajstić information content (AvgIpc) is 3.15. The van der Waals surface area contributed by atoms with Crippen LogP contribution in [0.5, 0.6) is 0 Å². The molecule has 0 aliphatic carbocycles. The molecule has 0 bridgehead atoms. The Bertz CT molecular complexity index is 907. The van der Waals surface area contributed by atoms with Gasteiger partial charge in [-0.2, -0.15) is 0 Å². The van der Waals surface area contributed by atoms with Gasteiger partial charge >= 0.3 is 0 Å². The van der Waals surface area contributed by atoms with Crippen LogP contribution >= 0.6 is 11.3 Å². The summed E-state index contributed by atoms with van der Waals surface area (Å²) in [5.74, 6) is 0.874. The SMILES string of the molecule is Cc1nc2ccccc2nc1N1CCN(CC(=O)Nc2nncs2)CC1. The molecule has 0 unspecified atom stereocenters. The van der Waals surface area contributed by atoms with Gasteiger partial charge < -0.3 is 4.90 Å². The molecule has 1 aromatic carbocycles. The van der Waals surface area contributed by atoms with Gasteiger partial charge in [0.15, 0.2) is 5.82 Å². The highest BCUT2D eigenvalue weighted by molar-refractivity contribution is 7.13. The summed E-state index contributed by atoms with van der Waals surface area (Å²) in [6.07, 6.45) is 0. The average molecular weight is 369 g/mol. The minimum absolute atomic E-state index is 0.0584. The molecule has 9 heteroatoms. The van der Waals surface area contributed by atoms with E-state index in [4.69, 9.17) is 4.98 Å². The molecule has 0 saturated carbocycles. The predicted octanol–water partition coefficient (Wildman–Crippen LogP) is 1.55. The summed E-state index contributed by atoms with van der Waals surface area (Å²) in [6, 6.07) is 7.92. The molecule has 3 aromatic rings. The summed E-state index contributed by atoms with van der Waals surface area (Å²) in [5.41, 5.74) is 4.36. The molecular weight excluding hydrogens is 350 g/mol. The van der Waals surface area contributed by atoms with Gasteiger partial charge in [0.25, 0.3) is 0 Å². The minimum atomic E-state index is -0.0584. The smallest absolute Gasteiger partial charge is 0.240 e. The van der Waals surface area contributed by atoms with Crippen LogP contribution in [0.25, 0.3) is 11.0 Å². The van der Waals surface area contributed by atoms with Crippen LogP contribution in [0.2, 0.25) is 0 Å². The van der Waals surface area contributed by atoms with Crippen LogP contribution in [-0.2, 0) is 4.79 Å². The Morgan fingerprint density at radius 1 is 1.15 bits per heavy atom. The Morgan fingerprint density at radius 3 is 2.58 bits per heavy atom. The minimum Gasteiger partial charge on any atom is -0.353 e. The second-order valence-corrected chi connectivity index (χ2v) is 7.01. The van der Waals surface area contributed by atoms with E-state index < -0.39 is 0 Å². The number of para-hydroxylation sites is 2. The third-order valence-corrected chi connectivity index (χ3v) is 4.97. The lowest BCUT2D eigenvalue weighted by atomic mass is 10.2. The van der Waals surface area contributed by atoms with Crippen LogP contribution in [0.15, 0.2) is 29.8 Å². The second-order valence-electron chi connectivity index (χ2n) is 6.18. The number of nitrogens with one attached hydrogen (secondary N) is 1. The van der Waals surface area contributed by atoms with Gasteiger partial charge in [0.2, 0.25) is 11.0 Å². The van der Waals surface area contributed by atoms with Crippen LogP contribution < -0.4 is 10.2 Å². The molecule has 1 amide bonds. The first-order valence-corrected chi connectivity index (χ1v) is 9.34. The van der Waals surface area contributed by atoms with Crippen molar-refractivity contribution in [2.24, 2.45) is 0 Å². The van der Waals surface area contributed by atoms with Crippen molar-refractivity contribution in [3.63, 3.8) is 0 Å². The number of anilines is 2. The van der Waals surface area contributed by atoms with Gasteiger partial charge in [0, 0.05) is 26.2 Å². The zero-order valence-corrected chi connectivity index (χ0v) is 15.2. The van der Waals surface area contributed by atoms with Crippen molar-refractivity contribution in [2.45, 2.75) is 6.92 Å². The first kappa shape index (κ1) is 16.8. The summed E-state index contributed by atoms with van der Waals surface area (Å²) in [7, 11) is 0. The van der Waals surface area contributed by atoms with Crippen molar-refractivity contribution in [3.8, 4) is 0 Å². The number of aryl methyl sites for hydroxylation is 1. The molecule has 8 nitrogen and oxygen atoms in total. The van der Waals surface area contributed by atoms with E-state index in [2.05, 4.69) is 30.3 Å². The molecule has 0 atom stereocenters. The quantitative estimate of drug-likeness (QED) is 0.746. The monoisotopic (exact) mass is 369 g/mol. The van der Waals surface area contributed by atoms with E-state index in [1.165, 1.54) is 11.3 Å². The number of nitrogens with zero attached hydrogens (tertiary/aromatic N) is 6. The Balaban J connectivity index is 1.37. The number of carbonyl (C=O) groups excluding carboxylic acids is 1. The van der Waals surface area contributed by atoms with E-state index in [-0.39, 0.29) is 5.91 Å². The van der Waals surface area contributed by atoms with Crippen LogP contribution in [-0.4, -0.2) is 63.7 Å². The maximum Gasteiger partial charge on any atom is 0.240 e. The van der Waals surface area contributed by atoms with Crippen molar-refractivity contribution in [1.29, 1.82) is 0 Å². The van der Waals surface area contributed by atoms with Crippen LogP contribution in [0.1, 0.15) is 5.69 Å². The first-order valence-electron chi connectivity index (χ1n) is 8.46. The summed E-state index contributed by atoms with van der Waals surface area (Å²) in [4.78, 5) is 25.9. The maximum absolute atomic E-state index is 12.1. The highest BCUT2D eigenvalue weighted by Crippen LogP contribution is 2.21. The highest BCUT2D eigenvalue weighted by Gasteiger charge is 2.22. The fraction of sp³-hybridized carbons (Fsp3) is 0.353. The van der Waals surface area contributed by atoms with Gasteiger partial charge in [-0.3, -0.25) is 15.0 Å². The highest BCUT2D eigenvalue weighted by atomic mass is 32.1. The molecule has 1 fully saturated rings. The lowest BCUT2D eigenvalue weighted by molar-refractivity contribution is -0.117. The fourth-order valence-electron chi connectivity index (χ4n) is 3.09. The van der Waals surface area contributed by atoms with E-state index in [0.717, 1.165) is 48.7 Å². The van der Waals surface area contributed by atoms with Gasteiger partial charge in [-0.25, -0.2) is 9.97 Å². The van der Waals surface area contributed by atoms with Gasteiger partial charge in [-0.1, -0.05) is 23.5 Å². The number of rotatable bonds is 4. The first-order chi connectivity index (χ1) is 12.7. The van der Waals surface area contributed by atoms with Crippen molar-refractivity contribution < 1.29 is 4.79 Å². The largest absolute Gasteiger partial charge is 0.353 e. The summed E-state index contributed by atoms with van der Waals surface area (Å²) in [6.45, 7) is 5.60. The molecule has 1 saturated heterocycles. The zero-order valence-electron chi connectivity index (χ0n) is 14.4. The Hall–Kier alpha value is -2.65. The molecule has 26 heavy (non-hydrogen) atoms. The van der Waals surface area contributed by atoms with Crippen molar-refractivity contribution in [1.82, 2.24) is 25.1 Å². The normalized spacial score (nSPS) is 15.3. The van der Waals surface area contributed by atoms with Gasteiger partial charge in [0.1, 0.15) is 5.51 Å². The molecule has 1 aliphatic rings. The van der Waals surface area contributed by atoms with Gasteiger partial charge in [0.05, 0.1) is 23.3 Å². The van der Waals surface area contributed by atoms with Gasteiger partial charge in [-0.15, -0.1) is 10.2 Å². The molecule has 0 radical (unpaired) electrons. The van der Waals surface area contributed by atoms with Crippen LogP contribution in [0, 0.1) is 6.92 Å². The third kappa shape index (κ3) is 3.63. The van der Waals surface area contributed by atoms with Crippen molar-refractivity contribution >= 4 is 39.2 Å². The van der Waals surface area contributed by atoms with E-state index in [9.17, 15) is 4.79 Å². The molecule has 0 spiro atoms. The van der Waals surface area contributed by atoms with E-state index in [1.807, 2.05) is 31.2 Å². The Kier molecular flexibility index (Phi) is 4.72. The number of carbonyl (C=O) groups is 1. The number of fused-ring (bicyclic) bond motifs is 1. The summed E-state index contributed by atoms with van der Waals surface area (Å²) >= 11 is 1.32. The van der Waals surface area contributed by atoms with E-state index in [1.54, 1.807) is 5.51 Å². The van der Waals surface area contributed by atoms with Crippen molar-refractivity contribution in [3.05, 3.63) is 35.5 Å². The standard InChI is InChI=1S/C17H19N7OS/c1-12-16(20-14-5-3-2-4-13(14)19-12)24-8-6-23(7-9-24)10-15(25)21-17-22-18-11-26-17/h2-5,11H,6-10H2,1H3,(H,21,22,25). The number of aromatic nitrogens is 4. The number of hydrogen-bond acceptors (Lipinski definition) is 8. The zero-order chi connectivity index (χ0) is 17.9. The van der Waals surface area contributed by atoms with Crippen LogP contribution in [0.3, 0.4) is 0 Å². The maximum atomic E-state index is 12.1. The topological polar surface area (TPSA) is 87.1 Å². The lowest BCUT2D eigenvalue weighted by Gasteiger charge is -2.35. The number of hydrogen-bond donors (Lipinski definition) is 1. The summed E-state index contributed by atoms with van der Waals surface area (Å²) in [5, 5.41) is 10.9. The fourth-order valence-corrected chi connectivity index (χ4v) is 3.55. The number of piperazine rings is 1. The van der Waals surface area contributed by atoms with E-state index in [0.29, 0.717) is 11.7 Å². The van der Waals surface area contributed by atoms with E-state index >= 15 is 0 Å². The Morgan fingerprint density at radius 2 is 1.88 bits per heavy atom. The van der Waals surface area contributed by atoms with Crippen LogP contribution in [0.4, 0.5) is 10.9 Å². The second kappa shape index (κ2) is 7.30. The van der Waals surface area contributed by atoms with Crippen molar-refractivity contribution in [2.75, 3.05) is 42.9 Å². The number of amides is 1. The lowest BCUT2D eigenvalue weighted by Crippen LogP contribution is -2.49. The number of benzene rings is 1. The molecule has 4 rings (SSSR count). The van der Waals surface area contributed by atoms with Gasteiger partial charge in [-0.05, 0) is 19.1 Å². The molecule has 3 heterocycles. The molecule has 1 N–H and O–H groups in total. The molecule has 134 valence electrons. The molecular formula is C17H19N7OS. The molecule has 1 aliphatic heterocycles. The molecule has 2 aromatic heterocycles. The third-order valence-electron chi connectivity index (χ3n) is 4.37. The predicted molar refractivity (Wildman–Crippen MR) is 101 cm³/mol. The Labute approximate surface area is 154 Å².